The van der Waals surface area contributed by atoms with Crippen molar-refractivity contribution >= 4 is 0 Å². The third-order valence-electron chi connectivity index (χ3n) is 10.1. The molecule has 8 aromatic rings. The van der Waals surface area contributed by atoms with Crippen molar-refractivity contribution in [1.82, 2.24) is 0 Å². The Bertz CT molecular complexity index is 2270. The lowest BCUT2D eigenvalue weighted by Crippen LogP contribution is -2.31. The molecule has 8 heteroatoms. The van der Waals surface area contributed by atoms with Gasteiger partial charge in [0.1, 0.15) is 46.5 Å². The molecule has 0 aliphatic rings. The highest BCUT2D eigenvalue weighted by molar-refractivity contribution is 5.72. The SMILES string of the molecule is Fc1cc(F)cc(-c2ccc(C(c3ccc(-c4cc(F)cc(F)c4)cc3)(c3ccc(-c4cc(F)cc(F)c4)cc3)c3ccc(-c4cc(F)cc(F)c4)cc3)cc2)c1. The van der Waals surface area contributed by atoms with Gasteiger partial charge in [0, 0.05) is 24.3 Å². The standard InChI is InChI=1S/C49H28F8/c50-41-17-33(18-42(51)25-41)29-1-9-37(10-2-29)49(38-11-3-30(4-12-38)34-19-43(52)26-44(53)20-34,39-13-5-31(6-14-39)35-21-45(54)27-46(55)22-35)40-15-7-32(8-16-40)36-23-47(56)28-48(57)24-36/h1-28H. The van der Waals surface area contributed by atoms with Crippen molar-refractivity contribution in [2.45, 2.75) is 5.41 Å². The molecule has 0 aliphatic carbocycles. The fraction of sp³-hybridized carbons (Fsp3) is 0.0204. The van der Waals surface area contributed by atoms with Crippen LogP contribution in [0.5, 0.6) is 0 Å². The summed E-state index contributed by atoms with van der Waals surface area (Å²) in [6, 6.07) is 41.3. The van der Waals surface area contributed by atoms with Gasteiger partial charge in [0.2, 0.25) is 0 Å². The van der Waals surface area contributed by atoms with Crippen LogP contribution in [0.15, 0.2) is 170 Å². The molecule has 0 unspecified atom stereocenters. The van der Waals surface area contributed by atoms with Gasteiger partial charge < -0.3 is 0 Å². The molecule has 8 aromatic carbocycles. The second kappa shape index (κ2) is 15.0. The second-order valence-electron chi connectivity index (χ2n) is 13.7. The zero-order chi connectivity index (χ0) is 39.8. The summed E-state index contributed by atoms with van der Waals surface area (Å²) in [5.74, 6) is -5.90. The molecule has 280 valence electrons. The highest BCUT2D eigenvalue weighted by Crippen LogP contribution is 2.47. The molecule has 8 rings (SSSR count). The molecule has 0 aromatic heterocycles. The summed E-state index contributed by atoms with van der Waals surface area (Å²) < 4.78 is 114. The van der Waals surface area contributed by atoms with E-state index >= 15 is 0 Å². The predicted octanol–water partition coefficient (Wildman–Crippen LogP) is 13.9. The van der Waals surface area contributed by atoms with Crippen LogP contribution in [0.4, 0.5) is 35.1 Å². The predicted molar refractivity (Wildman–Crippen MR) is 206 cm³/mol. The fourth-order valence-corrected chi connectivity index (χ4v) is 7.53. The summed E-state index contributed by atoms with van der Waals surface area (Å²) in [5.41, 5.74) is 4.90. The fourth-order valence-electron chi connectivity index (χ4n) is 7.53. The van der Waals surface area contributed by atoms with Crippen LogP contribution in [0.3, 0.4) is 0 Å². The van der Waals surface area contributed by atoms with E-state index in [0.717, 1.165) is 24.3 Å². The molecular formula is C49H28F8. The maximum atomic E-state index is 14.3. The van der Waals surface area contributed by atoms with Crippen molar-refractivity contribution in [2.24, 2.45) is 0 Å². The molecule has 0 aliphatic heterocycles. The van der Waals surface area contributed by atoms with Crippen molar-refractivity contribution < 1.29 is 35.1 Å². The van der Waals surface area contributed by atoms with Gasteiger partial charge in [-0.15, -0.1) is 0 Å². The van der Waals surface area contributed by atoms with Crippen LogP contribution < -0.4 is 0 Å². The van der Waals surface area contributed by atoms with Crippen molar-refractivity contribution in [3.8, 4) is 44.5 Å². The minimum absolute atomic E-state index is 0.315. The number of halogens is 8. The van der Waals surface area contributed by atoms with Crippen LogP contribution in [0.25, 0.3) is 44.5 Å². The van der Waals surface area contributed by atoms with E-state index in [-0.39, 0.29) is 0 Å². The summed E-state index contributed by atoms with van der Waals surface area (Å²) in [7, 11) is 0. The maximum absolute atomic E-state index is 14.3. The lowest BCUT2D eigenvalue weighted by molar-refractivity contribution is 0.583. The molecular weight excluding hydrogens is 741 g/mol. The van der Waals surface area contributed by atoms with Gasteiger partial charge in [0.05, 0.1) is 5.41 Å². The first kappa shape index (κ1) is 37.1. The van der Waals surface area contributed by atoms with Crippen molar-refractivity contribution in [1.29, 1.82) is 0 Å². The van der Waals surface area contributed by atoms with Crippen LogP contribution in [0.2, 0.25) is 0 Å². The van der Waals surface area contributed by atoms with Gasteiger partial charge in [-0.3, -0.25) is 0 Å². The minimum atomic E-state index is -1.20. The van der Waals surface area contributed by atoms with E-state index in [4.69, 9.17) is 0 Å². The monoisotopic (exact) mass is 768 g/mol. The van der Waals surface area contributed by atoms with Crippen molar-refractivity contribution in [3.63, 3.8) is 0 Å². The molecule has 0 saturated carbocycles. The van der Waals surface area contributed by atoms with Crippen LogP contribution >= 0.6 is 0 Å². The molecule has 0 spiro atoms. The molecule has 0 N–H and O–H groups in total. The summed E-state index contributed by atoms with van der Waals surface area (Å²) in [4.78, 5) is 0. The Labute approximate surface area is 323 Å². The molecule has 0 saturated heterocycles. The van der Waals surface area contributed by atoms with Crippen molar-refractivity contribution in [3.05, 3.63) is 239 Å². The molecule has 0 amide bonds. The Hall–Kier alpha value is -6.80. The maximum Gasteiger partial charge on any atom is 0.126 e. The Morgan fingerprint density at radius 1 is 0.193 bits per heavy atom. The average Bonchev–Trinajstić information content (AvgIpc) is 3.18. The topological polar surface area (TPSA) is 0 Å². The van der Waals surface area contributed by atoms with Gasteiger partial charge in [0.25, 0.3) is 0 Å². The van der Waals surface area contributed by atoms with E-state index in [1.54, 1.807) is 48.5 Å². The third kappa shape index (κ3) is 7.46. The number of rotatable bonds is 8. The van der Waals surface area contributed by atoms with Gasteiger partial charge in [-0.25, -0.2) is 35.1 Å². The largest absolute Gasteiger partial charge is 0.207 e. The van der Waals surface area contributed by atoms with Gasteiger partial charge in [-0.1, -0.05) is 97.1 Å². The number of hydrogen-bond donors (Lipinski definition) is 0. The van der Waals surface area contributed by atoms with E-state index < -0.39 is 52.0 Å². The van der Waals surface area contributed by atoms with Crippen LogP contribution in [-0.2, 0) is 5.41 Å². The zero-order valence-electron chi connectivity index (χ0n) is 29.7. The highest BCUT2D eigenvalue weighted by atomic mass is 19.2. The summed E-state index contributed by atoms with van der Waals surface area (Å²) in [6.45, 7) is 0. The summed E-state index contributed by atoms with van der Waals surface area (Å²) in [5, 5.41) is 0. The smallest absolute Gasteiger partial charge is 0.126 e. The molecule has 0 radical (unpaired) electrons. The molecule has 0 heterocycles. The lowest BCUT2D eigenvalue weighted by Gasteiger charge is -2.37. The van der Waals surface area contributed by atoms with Gasteiger partial charge in [-0.05, 0) is 115 Å². The Morgan fingerprint density at radius 2 is 0.351 bits per heavy atom. The highest BCUT2D eigenvalue weighted by Gasteiger charge is 2.38. The Morgan fingerprint density at radius 3 is 0.509 bits per heavy atom. The summed E-state index contributed by atoms with van der Waals surface area (Å²) >= 11 is 0. The first-order chi connectivity index (χ1) is 27.4. The van der Waals surface area contributed by atoms with Crippen LogP contribution in [0, 0.1) is 46.5 Å². The average molecular weight is 769 g/mol. The van der Waals surface area contributed by atoms with E-state index in [0.29, 0.717) is 66.8 Å². The summed E-state index contributed by atoms with van der Waals surface area (Å²) in [6.07, 6.45) is 0. The molecule has 57 heavy (non-hydrogen) atoms. The normalized spacial score (nSPS) is 11.5. The van der Waals surface area contributed by atoms with Gasteiger partial charge in [-0.2, -0.15) is 0 Å². The van der Waals surface area contributed by atoms with Crippen LogP contribution in [-0.4, -0.2) is 0 Å². The number of hydrogen-bond acceptors (Lipinski definition) is 0. The molecule has 0 bridgehead atoms. The zero-order valence-corrected chi connectivity index (χ0v) is 29.7. The first-order valence-corrected chi connectivity index (χ1v) is 17.7. The van der Waals surface area contributed by atoms with Crippen molar-refractivity contribution in [2.75, 3.05) is 0 Å². The van der Waals surface area contributed by atoms with E-state index in [2.05, 4.69) is 0 Å². The Kier molecular flexibility index (Phi) is 9.79. The Balaban J connectivity index is 1.36. The molecule has 0 nitrogen and oxygen atoms in total. The first-order valence-electron chi connectivity index (χ1n) is 17.7. The van der Waals surface area contributed by atoms with Gasteiger partial charge in [0.15, 0.2) is 0 Å². The van der Waals surface area contributed by atoms with E-state index in [1.165, 1.54) is 48.5 Å². The minimum Gasteiger partial charge on any atom is -0.207 e. The third-order valence-corrected chi connectivity index (χ3v) is 10.1. The quantitative estimate of drug-likeness (QED) is 0.107. The number of benzene rings is 8. The van der Waals surface area contributed by atoms with E-state index in [9.17, 15) is 35.1 Å². The molecule has 0 fully saturated rings. The lowest BCUT2D eigenvalue weighted by atomic mass is 9.64. The van der Waals surface area contributed by atoms with E-state index in [1.807, 2.05) is 48.5 Å². The van der Waals surface area contributed by atoms with Gasteiger partial charge >= 0.3 is 0 Å². The molecule has 0 atom stereocenters. The van der Waals surface area contributed by atoms with Crippen LogP contribution in [0.1, 0.15) is 22.3 Å². The second-order valence-corrected chi connectivity index (χ2v) is 13.7.